The van der Waals surface area contributed by atoms with Gasteiger partial charge in [0, 0.05) is 38.4 Å². The van der Waals surface area contributed by atoms with Gasteiger partial charge in [0.15, 0.2) is 5.96 Å². The quantitative estimate of drug-likeness (QED) is 0.563. The van der Waals surface area contributed by atoms with Crippen LogP contribution in [0.5, 0.6) is 5.88 Å². The highest BCUT2D eigenvalue weighted by atomic mass is 16.5. The molecule has 0 spiro atoms. The van der Waals surface area contributed by atoms with E-state index in [1.54, 1.807) is 14.2 Å². The second kappa shape index (κ2) is 10.3. The molecule has 0 aliphatic heterocycles. The number of rotatable bonds is 8. The van der Waals surface area contributed by atoms with Crippen LogP contribution in [0.15, 0.2) is 47.5 Å². The van der Waals surface area contributed by atoms with E-state index in [9.17, 15) is 0 Å². The van der Waals surface area contributed by atoms with E-state index in [1.165, 1.54) is 11.3 Å². The Balaban J connectivity index is 1.82. The van der Waals surface area contributed by atoms with Crippen LogP contribution < -0.4 is 20.3 Å². The number of benzene rings is 1. The van der Waals surface area contributed by atoms with E-state index in [-0.39, 0.29) is 0 Å². The van der Waals surface area contributed by atoms with Gasteiger partial charge in [-0.15, -0.1) is 0 Å². The first-order valence-corrected chi connectivity index (χ1v) is 8.92. The van der Waals surface area contributed by atoms with Crippen molar-refractivity contribution < 1.29 is 4.74 Å². The molecule has 2 N–H and O–H groups in total. The summed E-state index contributed by atoms with van der Waals surface area (Å²) in [6, 6.07) is 14.3. The molecular weight excluding hydrogens is 326 g/mol. The number of anilines is 1. The number of nitrogens with zero attached hydrogens (tertiary/aromatic N) is 3. The molecule has 0 atom stereocenters. The van der Waals surface area contributed by atoms with Crippen molar-refractivity contribution in [2.45, 2.75) is 20.4 Å². The van der Waals surface area contributed by atoms with E-state index in [2.05, 4.69) is 63.6 Å². The van der Waals surface area contributed by atoms with Crippen LogP contribution in [0.1, 0.15) is 18.2 Å². The van der Waals surface area contributed by atoms with E-state index in [0.717, 1.165) is 31.3 Å². The smallest absolute Gasteiger partial charge is 0.213 e. The van der Waals surface area contributed by atoms with E-state index in [1.807, 2.05) is 18.2 Å². The fraction of sp³-hybridized carbons (Fsp3) is 0.400. The summed E-state index contributed by atoms with van der Waals surface area (Å²) in [6.45, 7) is 7.54. The molecule has 2 rings (SSSR count). The van der Waals surface area contributed by atoms with Crippen molar-refractivity contribution in [1.82, 2.24) is 15.6 Å². The maximum atomic E-state index is 5.15. The first kappa shape index (κ1) is 19.6. The lowest BCUT2D eigenvalue weighted by atomic mass is 10.2. The van der Waals surface area contributed by atoms with Gasteiger partial charge < -0.3 is 20.3 Å². The maximum absolute atomic E-state index is 5.15. The van der Waals surface area contributed by atoms with E-state index in [0.29, 0.717) is 12.4 Å². The first-order valence-electron chi connectivity index (χ1n) is 8.92. The van der Waals surface area contributed by atoms with Crippen LogP contribution in [0.3, 0.4) is 0 Å². The average Bonchev–Trinajstić information content (AvgIpc) is 2.67. The third kappa shape index (κ3) is 5.95. The second-order valence-electron chi connectivity index (χ2n) is 5.94. The standard InChI is InChI=1S/C20H29N5O/c1-5-25(18-10-6-8-16(2)14-18)13-12-22-20(21-3)23-15-17-9-7-11-19(24-17)26-4/h6-11,14H,5,12-13,15H2,1-4H3,(H2,21,22,23). The number of hydrogen-bond acceptors (Lipinski definition) is 4. The van der Waals surface area contributed by atoms with Gasteiger partial charge >= 0.3 is 0 Å². The number of guanidine groups is 1. The lowest BCUT2D eigenvalue weighted by molar-refractivity contribution is 0.396. The van der Waals surface area contributed by atoms with Crippen molar-refractivity contribution in [1.29, 1.82) is 0 Å². The Bertz CT molecular complexity index is 717. The van der Waals surface area contributed by atoms with Gasteiger partial charge in [0.25, 0.3) is 0 Å². The molecule has 0 saturated heterocycles. The fourth-order valence-corrected chi connectivity index (χ4v) is 2.67. The van der Waals surface area contributed by atoms with Gasteiger partial charge in [-0.05, 0) is 37.6 Å². The highest BCUT2D eigenvalue weighted by molar-refractivity contribution is 5.79. The van der Waals surface area contributed by atoms with Crippen molar-refractivity contribution in [2.75, 3.05) is 38.7 Å². The molecule has 0 aliphatic rings. The second-order valence-corrected chi connectivity index (χ2v) is 5.94. The molecule has 0 fully saturated rings. The summed E-state index contributed by atoms with van der Waals surface area (Å²) < 4.78 is 5.15. The van der Waals surface area contributed by atoms with Gasteiger partial charge in [-0.3, -0.25) is 4.99 Å². The predicted octanol–water partition coefficient (Wildman–Crippen LogP) is 2.59. The summed E-state index contributed by atoms with van der Waals surface area (Å²) in [5.74, 6) is 1.37. The van der Waals surface area contributed by atoms with E-state index < -0.39 is 0 Å². The van der Waals surface area contributed by atoms with Crippen LogP contribution in [0.2, 0.25) is 0 Å². The van der Waals surface area contributed by atoms with Crippen molar-refractivity contribution in [2.24, 2.45) is 4.99 Å². The Morgan fingerprint density at radius 3 is 2.69 bits per heavy atom. The number of aromatic nitrogens is 1. The van der Waals surface area contributed by atoms with Crippen LogP contribution in [0, 0.1) is 6.92 Å². The van der Waals surface area contributed by atoms with Crippen molar-refractivity contribution >= 4 is 11.6 Å². The van der Waals surface area contributed by atoms with Gasteiger partial charge in [-0.2, -0.15) is 0 Å². The molecule has 1 aromatic heterocycles. The zero-order valence-electron chi connectivity index (χ0n) is 16.1. The molecule has 1 aromatic carbocycles. The monoisotopic (exact) mass is 355 g/mol. The molecule has 1 heterocycles. The van der Waals surface area contributed by atoms with Crippen LogP contribution in [0.25, 0.3) is 0 Å². The topological polar surface area (TPSA) is 61.8 Å². The largest absolute Gasteiger partial charge is 0.481 e. The maximum Gasteiger partial charge on any atom is 0.213 e. The number of methoxy groups -OCH3 is 1. The highest BCUT2D eigenvalue weighted by Crippen LogP contribution is 2.14. The molecule has 0 radical (unpaired) electrons. The molecule has 0 amide bonds. The SMILES string of the molecule is CCN(CCNC(=NC)NCc1cccc(OC)n1)c1cccc(C)c1. The van der Waals surface area contributed by atoms with Crippen LogP contribution in [0.4, 0.5) is 5.69 Å². The summed E-state index contributed by atoms with van der Waals surface area (Å²) >= 11 is 0. The molecule has 6 nitrogen and oxygen atoms in total. The lowest BCUT2D eigenvalue weighted by Gasteiger charge is -2.24. The molecular formula is C20H29N5O. The summed E-state index contributed by atoms with van der Waals surface area (Å²) in [7, 11) is 3.39. The fourth-order valence-electron chi connectivity index (χ4n) is 2.67. The number of likely N-dealkylation sites (N-methyl/N-ethyl adjacent to an activating group) is 1. The van der Waals surface area contributed by atoms with Crippen molar-refractivity contribution in [3.8, 4) is 5.88 Å². The summed E-state index contributed by atoms with van der Waals surface area (Å²) in [4.78, 5) is 11.0. The summed E-state index contributed by atoms with van der Waals surface area (Å²) in [6.07, 6.45) is 0. The minimum atomic E-state index is 0.590. The number of nitrogens with one attached hydrogen (secondary N) is 2. The number of aryl methyl sites for hydroxylation is 1. The Kier molecular flexibility index (Phi) is 7.74. The van der Waals surface area contributed by atoms with Gasteiger partial charge in [-0.25, -0.2) is 4.98 Å². The highest BCUT2D eigenvalue weighted by Gasteiger charge is 2.05. The first-order chi connectivity index (χ1) is 12.7. The molecule has 26 heavy (non-hydrogen) atoms. The van der Waals surface area contributed by atoms with Gasteiger partial charge in [0.1, 0.15) is 0 Å². The summed E-state index contributed by atoms with van der Waals surface area (Å²) in [5.41, 5.74) is 3.43. The number of pyridine rings is 1. The van der Waals surface area contributed by atoms with Crippen LogP contribution in [-0.4, -0.2) is 44.7 Å². The minimum Gasteiger partial charge on any atom is -0.481 e. The molecule has 0 saturated carbocycles. The minimum absolute atomic E-state index is 0.590. The molecule has 0 unspecified atom stereocenters. The Labute approximate surface area is 156 Å². The van der Waals surface area contributed by atoms with Crippen LogP contribution >= 0.6 is 0 Å². The normalized spacial score (nSPS) is 11.2. The molecule has 140 valence electrons. The number of aliphatic imine (C=N–C) groups is 1. The van der Waals surface area contributed by atoms with Gasteiger partial charge in [0.05, 0.1) is 19.3 Å². The molecule has 0 bridgehead atoms. The van der Waals surface area contributed by atoms with Gasteiger partial charge in [-0.1, -0.05) is 18.2 Å². The van der Waals surface area contributed by atoms with E-state index in [4.69, 9.17) is 4.74 Å². The van der Waals surface area contributed by atoms with Gasteiger partial charge in [0.2, 0.25) is 5.88 Å². The Morgan fingerprint density at radius 2 is 2.00 bits per heavy atom. The van der Waals surface area contributed by atoms with Crippen LogP contribution in [-0.2, 0) is 6.54 Å². The summed E-state index contributed by atoms with van der Waals surface area (Å²) in [5, 5.41) is 6.64. The lowest BCUT2D eigenvalue weighted by Crippen LogP contribution is -2.41. The molecule has 6 heteroatoms. The zero-order chi connectivity index (χ0) is 18.8. The zero-order valence-corrected chi connectivity index (χ0v) is 16.1. The molecule has 0 aliphatic carbocycles. The predicted molar refractivity (Wildman–Crippen MR) is 108 cm³/mol. The van der Waals surface area contributed by atoms with Crippen molar-refractivity contribution in [3.05, 3.63) is 53.7 Å². The third-order valence-electron chi connectivity index (χ3n) is 4.07. The number of hydrogen-bond donors (Lipinski definition) is 2. The average molecular weight is 355 g/mol. The molecule has 2 aromatic rings. The number of ether oxygens (including phenoxy) is 1. The van der Waals surface area contributed by atoms with E-state index >= 15 is 0 Å². The Hall–Kier alpha value is -2.76. The third-order valence-corrected chi connectivity index (χ3v) is 4.07. The van der Waals surface area contributed by atoms with Crippen molar-refractivity contribution in [3.63, 3.8) is 0 Å². The Morgan fingerprint density at radius 1 is 1.19 bits per heavy atom.